The highest BCUT2D eigenvalue weighted by Gasteiger charge is 2.11. The van der Waals surface area contributed by atoms with Crippen LogP contribution in [0.3, 0.4) is 0 Å². The summed E-state index contributed by atoms with van der Waals surface area (Å²) in [6, 6.07) is 9.67. The SMILES string of the molecule is COc1cccc(-c2cc(O)cc(Br)c2)c1F. The highest BCUT2D eigenvalue weighted by atomic mass is 79.9. The van der Waals surface area contributed by atoms with Crippen LogP contribution in [-0.2, 0) is 0 Å². The summed E-state index contributed by atoms with van der Waals surface area (Å²) in [5, 5.41) is 9.49. The fourth-order valence-corrected chi connectivity index (χ4v) is 2.10. The minimum absolute atomic E-state index is 0.0802. The van der Waals surface area contributed by atoms with E-state index in [4.69, 9.17) is 4.74 Å². The third-order valence-electron chi connectivity index (χ3n) is 2.38. The Hall–Kier alpha value is -1.55. The van der Waals surface area contributed by atoms with Crippen LogP contribution in [0.15, 0.2) is 40.9 Å². The zero-order valence-electron chi connectivity index (χ0n) is 9.08. The Morgan fingerprint density at radius 3 is 2.65 bits per heavy atom. The van der Waals surface area contributed by atoms with E-state index in [0.717, 1.165) is 0 Å². The maximum absolute atomic E-state index is 14.0. The number of methoxy groups -OCH3 is 1. The van der Waals surface area contributed by atoms with Crippen molar-refractivity contribution in [1.82, 2.24) is 0 Å². The molecule has 0 spiro atoms. The third-order valence-corrected chi connectivity index (χ3v) is 2.83. The van der Waals surface area contributed by atoms with Gasteiger partial charge in [-0.2, -0.15) is 0 Å². The summed E-state index contributed by atoms with van der Waals surface area (Å²) in [5.41, 5.74) is 0.981. The Balaban J connectivity index is 2.60. The zero-order valence-corrected chi connectivity index (χ0v) is 10.7. The molecule has 0 heterocycles. The lowest BCUT2D eigenvalue weighted by Gasteiger charge is -2.08. The van der Waals surface area contributed by atoms with Gasteiger partial charge in [0.25, 0.3) is 0 Å². The quantitative estimate of drug-likeness (QED) is 0.909. The topological polar surface area (TPSA) is 29.5 Å². The van der Waals surface area contributed by atoms with Gasteiger partial charge in [0.15, 0.2) is 11.6 Å². The van der Waals surface area contributed by atoms with Crippen LogP contribution in [0.5, 0.6) is 11.5 Å². The van der Waals surface area contributed by atoms with Crippen molar-refractivity contribution in [2.75, 3.05) is 7.11 Å². The molecule has 0 aliphatic heterocycles. The standard InChI is InChI=1S/C13H10BrFO2/c1-17-12-4-2-3-11(13(12)15)8-5-9(14)7-10(16)6-8/h2-7,16H,1H3. The summed E-state index contributed by atoms with van der Waals surface area (Å²) in [7, 11) is 1.42. The van der Waals surface area contributed by atoms with Crippen LogP contribution >= 0.6 is 15.9 Å². The maximum Gasteiger partial charge on any atom is 0.172 e. The molecule has 17 heavy (non-hydrogen) atoms. The Bertz CT molecular complexity index is 535. The van der Waals surface area contributed by atoms with Crippen LogP contribution < -0.4 is 4.74 Å². The first kappa shape index (κ1) is 11.9. The van der Waals surface area contributed by atoms with Gasteiger partial charge in [-0.3, -0.25) is 0 Å². The fourth-order valence-electron chi connectivity index (χ4n) is 1.62. The normalized spacial score (nSPS) is 10.3. The van der Waals surface area contributed by atoms with Crippen molar-refractivity contribution in [3.8, 4) is 22.6 Å². The van der Waals surface area contributed by atoms with Gasteiger partial charge in [0.1, 0.15) is 5.75 Å². The molecular weight excluding hydrogens is 287 g/mol. The van der Waals surface area contributed by atoms with E-state index in [9.17, 15) is 9.50 Å². The molecule has 0 aliphatic carbocycles. The van der Waals surface area contributed by atoms with Crippen molar-refractivity contribution < 1.29 is 14.2 Å². The second-order valence-electron chi connectivity index (χ2n) is 3.52. The molecular formula is C13H10BrFO2. The van der Waals surface area contributed by atoms with Crippen molar-refractivity contribution >= 4 is 15.9 Å². The monoisotopic (exact) mass is 296 g/mol. The molecule has 2 aromatic rings. The van der Waals surface area contributed by atoms with Gasteiger partial charge in [0.05, 0.1) is 7.11 Å². The molecule has 0 fully saturated rings. The van der Waals surface area contributed by atoms with E-state index in [1.807, 2.05) is 0 Å². The largest absolute Gasteiger partial charge is 0.508 e. The van der Waals surface area contributed by atoms with Gasteiger partial charge in [-0.15, -0.1) is 0 Å². The molecule has 0 unspecified atom stereocenters. The highest BCUT2D eigenvalue weighted by molar-refractivity contribution is 9.10. The number of phenols is 1. The van der Waals surface area contributed by atoms with Crippen LogP contribution in [-0.4, -0.2) is 12.2 Å². The first-order valence-corrected chi connectivity index (χ1v) is 5.73. The molecule has 0 aromatic heterocycles. The Morgan fingerprint density at radius 2 is 2.00 bits per heavy atom. The van der Waals surface area contributed by atoms with Gasteiger partial charge >= 0.3 is 0 Å². The Morgan fingerprint density at radius 1 is 1.24 bits per heavy atom. The second kappa shape index (κ2) is 4.75. The van der Waals surface area contributed by atoms with Gasteiger partial charge in [-0.1, -0.05) is 28.1 Å². The number of phenolic OH excluding ortho intramolecular Hbond substituents is 1. The number of rotatable bonds is 2. The summed E-state index contributed by atoms with van der Waals surface area (Å²) in [4.78, 5) is 0. The molecule has 2 rings (SSSR count). The predicted molar refractivity (Wildman–Crippen MR) is 67.8 cm³/mol. The lowest BCUT2D eigenvalue weighted by atomic mass is 10.0. The van der Waals surface area contributed by atoms with E-state index in [-0.39, 0.29) is 11.5 Å². The molecule has 1 N–H and O–H groups in total. The smallest absolute Gasteiger partial charge is 0.172 e. The van der Waals surface area contributed by atoms with Crippen molar-refractivity contribution in [2.24, 2.45) is 0 Å². The van der Waals surface area contributed by atoms with Crippen LogP contribution in [0.2, 0.25) is 0 Å². The minimum atomic E-state index is -0.437. The number of halogens is 2. The molecule has 0 bridgehead atoms. The summed E-state index contributed by atoms with van der Waals surface area (Å²) < 4.78 is 19.6. The molecule has 0 radical (unpaired) electrons. The maximum atomic E-state index is 14.0. The van der Waals surface area contributed by atoms with Gasteiger partial charge in [0.2, 0.25) is 0 Å². The molecule has 4 heteroatoms. The van der Waals surface area contributed by atoms with Gasteiger partial charge in [0, 0.05) is 10.0 Å². The van der Waals surface area contributed by atoms with Crippen molar-refractivity contribution in [1.29, 1.82) is 0 Å². The number of hydrogen-bond acceptors (Lipinski definition) is 2. The number of hydrogen-bond donors (Lipinski definition) is 1. The number of benzene rings is 2. The number of ether oxygens (including phenoxy) is 1. The summed E-state index contributed by atoms with van der Waals surface area (Å²) >= 11 is 3.26. The molecule has 0 atom stereocenters. The Labute approximate surface area is 107 Å². The summed E-state index contributed by atoms with van der Waals surface area (Å²) in [5.74, 6) is -0.175. The van der Waals surface area contributed by atoms with E-state index in [0.29, 0.717) is 15.6 Å². The molecule has 0 saturated carbocycles. The fraction of sp³-hybridized carbons (Fsp3) is 0.0769. The first-order valence-electron chi connectivity index (χ1n) is 4.94. The molecule has 2 aromatic carbocycles. The average Bonchev–Trinajstić information content (AvgIpc) is 2.28. The van der Waals surface area contributed by atoms with Crippen LogP contribution in [0, 0.1) is 5.82 Å². The summed E-state index contributed by atoms with van der Waals surface area (Å²) in [6.07, 6.45) is 0. The number of aromatic hydroxyl groups is 1. The lowest BCUT2D eigenvalue weighted by molar-refractivity contribution is 0.387. The van der Waals surface area contributed by atoms with Crippen LogP contribution in [0.4, 0.5) is 4.39 Å². The predicted octanol–water partition coefficient (Wildman–Crippen LogP) is 3.97. The Kier molecular flexibility index (Phi) is 3.33. The van der Waals surface area contributed by atoms with Crippen molar-refractivity contribution in [2.45, 2.75) is 0 Å². The zero-order chi connectivity index (χ0) is 12.4. The van der Waals surface area contributed by atoms with Crippen LogP contribution in [0.1, 0.15) is 0 Å². The van der Waals surface area contributed by atoms with E-state index < -0.39 is 5.82 Å². The minimum Gasteiger partial charge on any atom is -0.508 e. The van der Waals surface area contributed by atoms with Gasteiger partial charge in [-0.05, 0) is 29.8 Å². The van der Waals surface area contributed by atoms with Crippen LogP contribution in [0.25, 0.3) is 11.1 Å². The van der Waals surface area contributed by atoms with Crippen molar-refractivity contribution in [3.63, 3.8) is 0 Å². The summed E-state index contributed by atoms with van der Waals surface area (Å²) in [6.45, 7) is 0. The molecule has 2 nitrogen and oxygen atoms in total. The van der Waals surface area contributed by atoms with E-state index >= 15 is 0 Å². The third kappa shape index (κ3) is 2.42. The lowest BCUT2D eigenvalue weighted by Crippen LogP contribution is -1.91. The van der Waals surface area contributed by atoms with Crippen molar-refractivity contribution in [3.05, 3.63) is 46.7 Å². The highest BCUT2D eigenvalue weighted by Crippen LogP contribution is 2.32. The second-order valence-corrected chi connectivity index (χ2v) is 4.44. The van der Waals surface area contributed by atoms with E-state index in [2.05, 4.69) is 15.9 Å². The first-order chi connectivity index (χ1) is 8.11. The molecule has 0 saturated heterocycles. The molecule has 0 aliphatic rings. The van der Waals surface area contributed by atoms with Gasteiger partial charge in [-0.25, -0.2) is 4.39 Å². The van der Waals surface area contributed by atoms with E-state index in [1.54, 1.807) is 30.3 Å². The molecule has 0 amide bonds. The van der Waals surface area contributed by atoms with E-state index in [1.165, 1.54) is 13.2 Å². The molecule has 88 valence electrons. The average molecular weight is 297 g/mol. The van der Waals surface area contributed by atoms with Gasteiger partial charge < -0.3 is 9.84 Å².